The van der Waals surface area contributed by atoms with Gasteiger partial charge in [-0.25, -0.2) is 12.8 Å². The van der Waals surface area contributed by atoms with Gasteiger partial charge in [-0.05, 0) is 6.07 Å². The quantitative estimate of drug-likeness (QED) is 0.839. The largest absolute Gasteiger partial charge is 0.508 e. The van der Waals surface area contributed by atoms with Crippen molar-refractivity contribution >= 4 is 9.84 Å². The van der Waals surface area contributed by atoms with Gasteiger partial charge in [0, 0.05) is 50.6 Å². The number of halogens is 1. The second kappa shape index (κ2) is 5.44. The molecule has 1 heterocycles. The van der Waals surface area contributed by atoms with Crippen molar-refractivity contribution in [2.45, 2.75) is 11.4 Å². The van der Waals surface area contributed by atoms with Crippen LogP contribution in [0.2, 0.25) is 0 Å². The van der Waals surface area contributed by atoms with Crippen molar-refractivity contribution in [1.82, 2.24) is 10.2 Å². The highest BCUT2D eigenvalue weighted by atomic mass is 32.2. The van der Waals surface area contributed by atoms with Gasteiger partial charge >= 0.3 is 0 Å². The number of nitrogens with zero attached hydrogens (tertiary/aromatic N) is 1. The van der Waals surface area contributed by atoms with Crippen LogP contribution in [0.3, 0.4) is 0 Å². The third-order valence-electron chi connectivity index (χ3n) is 3.14. The SMILES string of the molecule is CS(=O)(=O)c1cc(O)c(CN2CCNCC2)cc1F. The van der Waals surface area contributed by atoms with Gasteiger partial charge in [-0.2, -0.15) is 0 Å². The van der Waals surface area contributed by atoms with Gasteiger partial charge in [0.1, 0.15) is 16.5 Å². The molecular formula is C12H17FN2O3S. The van der Waals surface area contributed by atoms with Crippen LogP contribution in [0.25, 0.3) is 0 Å². The van der Waals surface area contributed by atoms with Crippen molar-refractivity contribution in [3.8, 4) is 5.75 Å². The van der Waals surface area contributed by atoms with Crippen molar-refractivity contribution in [1.29, 1.82) is 0 Å². The Morgan fingerprint density at radius 3 is 2.58 bits per heavy atom. The molecule has 0 aliphatic carbocycles. The molecule has 106 valence electrons. The normalized spacial score (nSPS) is 17.6. The van der Waals surface area contributed by atoms with Crippen molar-refractivity contribution in [2.24, 2.45) is 0 Å². The fraction of sp³-hybridized carbons (Fsp3) is 0.500. The zero-order valence-corrected chi connectivity index (χ0v) is 11.5. The van der Waals surface area contributed by atoms with E-state index in [1.54, 1.807) is 0 Å². The van der Waals surface area contributed by atoms with Crippen molar-refractivity contribution in [3.63, 3.8) is 0 Å². The third kappa shape index (κ3) is 3.43. The molecule has 1 saturated heterocycles. The summed E-state index contributed by atoms with van der Waals surface area (Å²) >= 11 is 0. The van der Waals surface area contributed by atoms with Gasteiger partial charge in [-0.1, -0.05) is 0 Å². The summed E-state index contributed by atoms with van der Waals surface area (Å²) in [7, 11) is -3.66. The standard InChI is InChI=1S/C12H17FN2O3S/c1-19(17,18)12-7-11(16)9(6-10(12)13)8-15-4-2-14-3-5-15/h6-7,14,16H,2-5,8H2,1H3. The smallest absolute Gasteiger partial charge is 0.178 e. The van der Waals surface area contributed by atoms with Crippen LogP contribution in [0.15, 0.2) is 17.0 Å². The lowest BCUT2D eigenvalue weighted by Crippen LogP contribution is -2.42. The van der Waals surface area contributed by atoms with Crippen LogP contribution < -0.4 is 5.32 Å². The highest BCUT2D eigenvalue weighted by Crippen LogP contribution is 2.26. The summed E-state index contributed by atoms with van der Waals surface area (Å²) in [5.41, 5.74) is 0.409. The van der Waals surface area contributed by atoms with Gasteiger partial charge in [-0.15, -0.1) is 0 Å². The van der Waals surface area contributed by atoms with E-state index in [1.807, 2.05) is 0 Å². The van der Waals surface area contributed by atoms with E-state index in [-0.39, 0.29) is 5.75 Å². The molecule has 0 unspecified atom stereocenters. The average molecular weight is 288 g/mol. The second-order valence-electron chi connectivity index (χ2n) is 4.71. The van der Waals surface area contributed by atoms with Gasteiger partial charge in [-0.3, -0.25) is 4.90 Å². The maximum atomic E-state index is 13.8. The van der Waals surface area contributed by atoms with Crippen LogP contribution in [-0.2, 0) is 16.4 Å². The summed E-state index contributed by atoms with van der Waals surface area (Å²) < 4.78 is 36.4. The first-order chi connectivity index (χ1) is 8.88. The summed E-state index contributed by atoms with van der Waals surface area (Å²) in [6.07, 6.45) is 0.917. The van der Waals surface area contributed by atoms with Crippen LogP contribution in [0.4, 0.5) is 4.39 Å². The monoisotopic (exact) mass is 288 g/mol. The first-order valence-corrected chi connectivity index (χ1v) is 7.91. The molecule has 1 aliphatic heterocycles. The molecule has 5 nitrogen and oxygen atoms in total. The minimum Gasteiger partial charge on any atom is -0.508 e. The Hall–Kier alpha value is -1.18. The van der Waals surface area contributed by atoms with Crippen LogP contribution >= 0.6 is 0 Å². The summed E-state index contributed by atoms with van der Waals surface area (Å²) in [5, 5.41) is 13.0. The zero-order valence-electron chi connectivity index (χ0n) is 10.7. The minimum atomic E-state index is -3.66. The Bertz CT molecular complexity index is 569. The maximum absolute atomic E-state index is 13.8. The molecule has 1 aliphatic rings. The topological polar surface area (TPSA) is 69.6 Å². The molecule has 0 spiro atoms. The summed E-state index contributed by atoms with van der Waals surface area (Å²) in [6, 6.07) is 2.09. The number of sulfone groups is 1. The highest BCUT2D eigenvalue weighted by molar-refractivity contribution is 7.90. The van der Waals surface area contributed by atoms with Crippen LogP contribution in [0.1, 0.15) is 5.56 Å². The van der Waals surface area contributed by atoms with Gasteiger partial charge < -0.3 is 10.4 Å². The Balaban J connectivity index is 2.25. The number of phenolic OH excluding ortho intramolecular Hbond substituents is 1. The molecular weight excluding hydrogens is 271 g/mol. The molecule has 1 fully saturated rings. The van der Waals surface area contributed by atoms with Crippen LogP contribution in [-0.4, -0.2) is 50.9 Å². The molecule has 0 radical (unpaired) electrons. The van der Waals surface area contributed by atoms with Gasteiger partial charge in [0.05, 0.1) is 0 Å². The fourth-order valence-corrected chi connectivity index (χ4v) is 2.84. The number of benzene rings is 1. The first-order valence-electron chi connectivity index (χ1n) is 6.02. The number of nitrogens with one attached hydrogen (secondary N) is 1. The molecule has 0 aromatic heterocycles. The maximum Gasteiger partial charge on any atom is 0.178 e. The van der Waals surface area contributed by atoms with Gasteiger partial charge in [0.15, 0.2) is 9.84 Å². The van der Waals surface area contributed by atoms with E-state index >= 15 is 0 Å². The minimum absolute atomic E-state index is 0.180. The Morgan fingerprint density at radius 1 is 1.37 bits per heavy atom. The average Bonchev–Trinajstić information content (AvgIpc) is 2.33. The number of rotatable bonds is 3. The van der Waals surface area contributed by atoms with Crippen LogP contribution in [0.5, 0.6) is 5.75 Å². The highest BCUT2D eigenvalue weighted by Gasteiger charge is 2.19. The molecule has 2 rings (SSSR count). The van der Waals surface area contributed by atoms with Crippen molar-refractivity contribution in [3.05, 3.63) is 23.5 Å². The predicted octanol–water partition coefficient (Wildman–Crippen LogP) is 0.340. The molecule has 1 aromatic rings. The van der Waals surface area contributed by atoms with E-state index in [0.717, 1.165) is 44.6 Å². The van der Waals surface area contributed by atoms with E-state index in [1.165, 1.54) is 0 Å². The Morgan fingerprint density at radius 2 is 2.00 bits per heavy atom. The number of aromatic hydroxyl groups is 1. The molecule has 2 N–H and O–H groups in total. The lowest BCUT2D eigenvalue weighted by Gasteiger charge is -2.27. The third-order valence-corrected chi connectivity index (χ3v) is 4.25. The van der Waals surface area contributed by atoms with E-state index in [9.17, 15) is 17.9 Å². The lowest BCUT2D eigenvalue weighted by atomic mass is 10.1. The Labute approximate surface area is 112 Å². The number of hydrogen-bond donors (Lipinski definition) is 2. The van der Waals surface area contributed by atoms with E-state index in [0.29, 0.717) is 12.1 Å². The van der Waals surface area contributed by atoms with Crippen LogP contribution in [0, 0.1) is 5.82 Å². The second-order valence-corrected chi connectivity index (χ2v) is 6.69. The lowest BCUT2D eigenvalue weighted by molar-refractivity contribution is 0.230. The summed E-state index contributed by atoms with van der Waals surface area (Å²) in [5.74, 6) is -0.995. The zero-order chi connectivity index (χ0) is 14.0. The molecule has 19 heavy (non-hydrogen) atoms. The predicted molar refractivity (Wildman–Crippen MR) is 69.3 cm³/mol. The van der Waals surface area contributed by atoms with E-state index in [2.05, 4.69) is 10.2 Å². The fourth-order valence-electron chi connectivity index (χ4n) is 2.10. The molecule has 0 bridgehead atoms. The Kier molecular flexibility index (Phi) is 4.07. The molecule has 0 atom stereocenters. The first kappa shape index (κ1) is 14.2. The molecule has 0 amide bonds. The van der Waals surface area contributed by atoms with E-state index < -0.39 is 20.5 Å². The molecule has 1 aromatic carbocycles. The van der Waals surface area contributed by atoms with Crippen molar-refractivity contribution in [2.75, 3.05) is 32.4 Å². The molecule has 7 heteroatoms. The number of phenols is 1. The van der Waals surface area contributed by atoms with Gasteiger partial charge in [0.25, 0.3) is 0 Å². The summed E-state index contributed by atoms with van der Waals surface area (Å²) in [4.78, 5) is 1.61. The summed E-state index contributed by atoms with van der Waals surface area (Å²) in [6.45, 7) is 3.74. The van der Waals surface area contributed by atoms with Crippen molar-refractivity contribution < 1.29 is 17.9 Å². The number of piperazine rings is 1. The number of hydrogen-bond acceptors (Lipinski definition) is 5. The van der Waals surface area contributed by atoms with E-state index in [4.69, 9.17) is 0 Å². The van der Waals surface area contributed by atoms with Gasteiger partial charge in [0.2, 0.25) is 0 Å². The molecule has 0 saturated carbocycles.